The zero-order valence-corrected chi connectivity index (χ0v) is 14.4. The summed E-state index contributed by atoms with van der Waals surface area (Å²) < 4.78 is 36.5. The van der Waals surface area contributed by atoms with Crippen molar-refractivity contribution in [1.29, 1.82) is 0 Å². The van der Waals surface area contributed by atoms with Gasteiger partial charge in [0.1, 0.15) is 17.4 Å². The van der Waals surface area contributed by atoms with Crippen LogP contribution < -0.4 is 10.1 Å². The van der Waals surface area contributed by atoms with Crippen molar-refractivity contribution >= 4 is 17.6 Å². The van der Waals surface area contributed by atoms with Crippen LogP contribution >= 0.6 is 0 Å². The lowest BCUT2D eigenvalue weighted by molar-refractivity contribution is -0.149. The van der Waals surface area contributed by atoms with E-state index in [9.17, 15) is 18.4 Å². The molecule has 0 radical (unpaired) electrons. The Balaban J connectivity index is 1.81. The molecule has 0 saturated carbocycles. The van der Waals surface area contributed by atoms with Crippen LogP contribution in [0.25, 0.3) is 0 Å². The fourth-order valence-corrected chi connectivity index (χ4v) is 2.19. The molecule has 1 N–H and O–H groups in total. The fourth-order valence-electron chi connectivity index (χ4n) is 2.19. The summed E-state index contributed by atoms with van der Waals surface area (Å²) in [4.78, 5) is 23.4. The smallest absolute Gasteiger partial charge is 0.344 e. The Bertz CT molecular complexity index is 793. The predicted molar refractivity (Wildman–Crippen MR) is 92.0 cm³/mol. The van der Waals surface area contributed by atoms with E-state index in [-0.39, 0.29) is 18.2 Å². The van der Waals surface area contributed by atoms with Crippen molar-refractivity contribution in [2.45, 2.75) is 19.8 Å². The second-order valence-corrected chi connectivity index (χ2v) is 5.81. The van der Waals surface area contributed by atoms with Crippen molar-refractivity contribution in [3.8, 4) is 5.75 Å². The van der Waals surface area contributed by atoms with Crippen LogP contribution in [0.1, 0.15) is 25.3 Å². The van der Waals surface area contributed by atoms with E-state index in [1.54, 1.807) is 12.1 Å². The Hall–Kier alpha value is -2.96. The number of esters is 1. The van der Waals surface area contributed by atoms with Crippen LogP contribution in [0.3, 0.4) is 0 Å². The zero-order valence-electron chi connectivity index (χ0n) is 14.4. The highest BCUT2D eigenvalue weighted by Gasteiger charge is 2.13. The lowest BCUT2D eigenvalue weighted by atomic mass is 10.0. The van der Waals surface area contributed by atoms with E-state index in [2.05, 4.69) is 5.32 Å². The van der Waals surface area contributed by atoms with Gasteiger partial charge < -0.3 is 14.8 Å². The number of hydrogen-bond donors (Lipinski definition) is 1. The van der Waals surface area contributed by atoms with Crippen molar-refractivity contribution in [2.24, 2.45) is 0 Å². The maximum atomic E-state index is 13.4. The Labute approximate surface area is 149 Å². The van der Waals surface area contributed by atoms with Gasteiger partial charge in [-0.3, -0.25) is 4.79 Å². The van der Waals surface area contributed by atoms with Crippen molar-refractivity contribution in [3.05, 3.63) is 59.7 Å². The molecule has 0 spiro atoms. The Morgan fingerprint density at radius 2 is 1.81 bits per heavy atom. The number of benzene rings is 2. The van der Waals surface area contributed by atoms with E-state index in [1.165, 1.54) is 0 Å². The second kappa shape index (κ2) is 8.94. The lowest BCUT2D eigenvalue weighted by Gasteiger charge is -2.13. The van der Waals surface area contributed by atoms with E-state index >= 15 is 0 Å². The number of halogens is 2. The number of ether oxygens (including phenoxy) is 2. The third-order valence-corrected chi connectivity index (χ3v) is 3.46. The number of hydrogen-bond acceptors (Lipinski definition) is 4. The maximum Gasteiger partial charge on any atom is 0.344 e. The van der Waals surface area contributed by atoms with Crippen LogP contribution in [0.2, 0.25) is 0 Å². The van der Waals surface area contributed by atoms with E-state index < -0.39 is 30.1 Å². The van der Waals surface area contributed by atoms with E-state index in [0.29, 0.717) is 11.8 Å². The van der Waals surface area contributed by atoms with Gasteiger partial charge in [0.2, 0.25) is 0 Å². The number of rotatable bonds is 7. The number of amides is 1. The van der Waals surface area contributed by atoms with Gasteiger partial charge in [-0.1, -0.05) is 32.0 Å². The molecule has 138 valence electrons. The van der Waals surface area contributed by atoms with Gasteiger partial charge in [0.05, 0.1) is 5.69 Å². The Morgan fingerprint density at radius 3 is 2.50 bits per heavy atom. The Morgan fingerprint density at radius 1 is 1.08 bits per heavy atom. The largest absolute Gasteiger partial charge is 0.482 e. The molecule has 0 fully saturated rings. The van der Waals surface area contributed by atoms with E-state index in [4.69, 9.17) is 9.47 Å². The molecule has 5 nitrogen and oxygen atoms in total. The molecule has 2 rings (SSSR count). The topological polar surface area (TPSA) is 64.6 Å². The lowest BCUT2D eigenvalue weighted by Crippen LogP contribution is -2.24. The molecule has 0 atom stereocenters. The van der Waals surface area contributed by atoms with Gasteiger partial charge >= 0.3 is 5.97 Å². The summed E-state index contributed by atoms with van der Waals surface area (Å²) >= 11 is 0. The first-order chi connectivity index (χ1) is 12.4. The molecule has 0 aromatic heterocycles. The van der Waals surface area contributed by atoms with Crippen LogP contribution in [0, 0.1) is 11.6 Å². The number of nitrogens with one attached hydrogen (secondary N) is 1. The predicted octanol–water partition coefficient (Wildman–Crippen LogP) is 3.65. The van der Waals surface area contributed by atoms with E-state index in [1.807, 2.05) is 26.0 Å². The van der Waals surface area contributed by atoms with Crippen molar-refractivity contribution in [1.82, 2.24) is 0 Å². The molecule has 2 aromatic rings. The minimum atomic E-state index is -0.918. The van der Waals surface area contributed by atoms with Gasteiger partial charge in [0.25, 0.3) is 5.91 Å². The first-order valence-corrected chi connectivity index (χ1v) is 7.99. The van der Waals surface area contributed by atoms with Gasteiger partial charge in [-0.15, -0.1) is 0 Å². The molecule has 0 heterocycles. The summed E-state index contributed by atoms with van der Waals surface area (Å²) in [7, 11) is 0. The quantitative estimate of drug-likeness (QED) is 0.763. The molecule has 1 amide bonds. The molecular weight excluding hydrogens is 344 g/mol. The molecular formula is C19H19F2NO4. The average Bonchev–Trinajstić information content (AvgIpc) is 2.60. The van der Waals surface area contributed by atoms with Gasteiger partial charge in [0.15, 0.2) is 13.2 Å². The minimum Gasteiger partial charge on any atom is -0.482 e. The van der Waals surface area contributed by atoms with Crippen LogP contribution in [0.4, 0.5) is 14.5 Å². The highest BCUT2D eigenvalue weighted by molar-refractivity contribution is 5.92. The number of anilines is 1. The highest BCUT2D eigenvalue weighted by Crippen LogP contribution is 2.25. The summed E-state index contributed by atoms with van der Waals surface area (Å²) in [5.41, 5.74) is 0.749. The molecule has 2 aromatic carbocycles. The number of carbonyl (C=O) groups excluding carboxylic acids is 2. The van der Waals surface area contributed by atoms with Crippen molar-refractivity contribution < 1.29 is 27.8 Å². The van der Waals surface area contributed by atoms with Gasteiger partial charge in [0, 0.05) is 6.07 Å². The number of para-hydroxylation sites is 1. The molecule has 0 saturated heterocycles. The summed E-state index contributed by atoms with van der Waals surface area (Å²) in [5.74, 6) is -2.37. The van der Waals surface area contributed by atoms with Gasteiger partial charge in [-0.05, 0) is 29.7 Å². The van der Waals surface area contributed by atoms with Crippen molar-refractivity contribution in [2.75, 3.05) is 18.5 Å². The summed E-state index contributed by atoms with van der Waals surface area (Å²) in [5, 5.41) is 2.19. The SMILES string of the molecule is CC(C)c1ccccc1OCC(=O)OCC(=O)Nc1ccc(F)cc1F. The third-order valence-electron chi connectivity index (χ3n) is 3.46. The highest BCUT2D eigenvalue weighted by atomic mass is 19.1. The molecule has 0 aliphatic heterocycles. The zero-order chi connectivity index (χ0) is 19.1. The maximum absolute atomic E-state index is 13.4. The van der Waals surface area contributed by atoms with Crippen LogP contribution in [-0.2, 0) is 14.3 Å². The first-order valence-electron chi connectivity index (χ1n) is 7.99. The van der Waals surface area contributed by atoms with Gasteiger partial charge in [-0.25, -0.2) is 13.6 Å². The molecule has 7 heteroatoms. The third kappa shape index (κ3) is 5.54. The van der Waals surface area contributed by atoms with Crippen LogP contribution in [-0.4, -0.2) is 25.1 Å². The molecule has 0 aliphatic rings. The molecule has 0 bridgehead atoms. The van der Waals surface area contributed by atoms with Crippen LogP contribution in [0.15, 0.2) is 42.5 Å². The summed E-state index contributed by atoms with van der Waals surface area (Å²) in [6, 6.07) is 10.0. The molecule has 0 aliphatic carbocycles. The van der Waals surface area contributed by atoms with Gasteiger partial charge in [-0.2, -0.15) is 0 Å². The second-order valence-electron chi connectivity index (χ2n) is 5.81. The summed E-state index contributed by atoms with van der Waals surface area (Å²) in [6.07, 6.45) is 0. The monoisotopic (exact) mass is 363 g/mol. The Kier molecular flexibility index (Phi) is 6.66. The fraction of sp³-hybridized carbons (Fsp3) is 0.263. The molecule has 26 heavy (non-hydrogen) atoms. The van der Waals surface area contributed by atoms with Crippen LogP contribution in [0.5, 0.6) is 5.75 Å². The first kappa shape index (κ1) is 19.4. The average molecular weight is 363 g/mol. The standard InChI is InChI=1S/C19H19F2NO4/c1-12(2)14-5-3-4-6-17(14)25-11-19(24)26-10-18(23)22-16-8-7-13(20)9-15(16)21/h3-9,12H,10-11H2,1-2H3,(H,22,23). The summed E-state index contributed by atoms with van der Waals surface area (Å²) in [6.45, 7) is 3.03. The van der Waals surface area contributed by atoms with E-state index in [0.717, 1.165) is 17.7 Å². The minimum absolute atomic E-state index is 0.199. The number of carbonyl (C=O) groups is 2. The normalized spacial score (nSPS) is 10.5. The molecule has 0 unspecified atom stereocenters. The van der Waals surface area contributed by atoms with Crippen molar-refractivity contribution in [3.63, 3.8) is 0 Å².